The molecule has 0 aliphatic carbocycles. The third kappa shape index (κ3) is 4.60. The van der Waals surface area contributed by atoms with Crippen LogP contribution in [0, 0.1) is 6.92 Å². The Balaban J connectivity index is 2.24. The molecule has 0 bridgehead atoms. The average molecular weight is 407 g/mol. The van der Waals surface area contributed by atoms with E-state index in [1.165, 1.54) is 14.2 Å². The molecule has 10 heteroatoms. The van der Waals surface area contributed by atoms with Gasteiger partial charge in [0.05, 0.1) is 19.8 Å². The summed E-state index contributed by atoms with van der Waals surface area (Å²) in [6, 6.07) is 6.37. The first kappa shape index (κ1) is 20.3. The summed E-state index contributed by atoms with van der Waals surface area (Å²) in [5.41, 5.74) is 6.82. The molecule has 1 heterocycles. The second-order valence-electron chi connectivity index (χ2n) is 5.26. The van der Waals surface area contributed by atoms with E-state index in [2.05, 4.69) is 10.6 Å². The van der Waals surface area contributed by atoms with E-state index in [1.54, 1.807) is 31.2 Å². The van der Waals surface area contributed by atoms with Gasteiger partial charge in [-0.1, -0.05) is 0 Å². The molecular weight excluding hydrogens is 390 g/mol. The zero-order valence-corrected chi connectivity index (χ0v) is 16.4. The monoisotopic (exact) mass is 407 g/mol. The number of thiophene rings is 1. The van der Waals surface area contributed by atoms with E-state index in [4.69, 9.17) is 27.4 Å². The number of thiocarbonyl (C=S) groups is 1. The Kier molecular flexibility index (Phi) is 6.48. The predicted octanol–water partition coefficient (Wildman–Crippen LogP) is 2.54. The number of hydrogen-bond acceptors (Lipinski definition) is 7. The van der Waals surface area contributed by atoms with Crippen molar-refractivity contribution in [3.8, 4) is 0 Å². The van der Waals surface area contributed by atoms with Gasteiger partial charge in [0.2, 0.25) is 5.91 Å². The van der Waals surface area contributed by atoms with Crippen molar-refractivity contribution >= 4 is 57.2 Å². The summed E-state index contributed by atoms with van der Waals surface area (Å²) in [7, 11) is 2.51. The van der Waals surface area contributed by atoms with Crippen LogP contribution in [-0.4, -0.2) is 37.2 Å². The molecule has 0 aliphatic rings. The fraction of sp³-hybridized carbons (Fsp3) is 0.176. The van der Waals surface area contributed by atoms with Gasteiger partial charge in [0, 0.05) is 11.3 Å². The first-order valence-electron chi connectivity index (χ1n) is 7.56. The number of primary amides is 1. The van der Waals surface area contributed by atoms with Gasteiger partial charge < -0.3 is 25.8 Å². The standard InChI is InChI=1S/C17H17N3O5S2/c1-8-11(15(22)24-2)14(27-12(8)16(23)25-3)20-17(26)19-10-6-4-9(5-7-10)13(18)21/h4-7H,1-3H3,(H2,18,21)(H2,19,20,26). The van der Waals surface area contributed by atoms with Gasteiger partial charge in [-0.15, -0.1) is 11.3 Å². The van der Waals surface area contributed by atoms with E-state index >= 15 is 0 Å². The Morgan fingerprint density at radius 3 is 2.15 bits per heavy atom. The summed E-state index contributed by atoms with van der Waals surface area (Å²) < 4.78 is 9.52. The molecule has 0 spiro atoms. The summed E-state index contributed by atoms with van der Waals surface area (Å²) in [5.74, 6) is -1.69. The van der Waals surface area contributed by atoms with E-state index in [9.17, 15) is 14.4 Å². The van der Waals surface area contributed by atoms with Crippen molar-refractivity contribution in [2.45, 2.75) is 6.92 Å². The highest BCUT2D eigenvalue weighted by atomic mass is 32.1. The van der Waals surface area contributed by atoms with Crippen LogP contribution < -0.4 is 16.4 Å². The quantitative estimate of drug-likeness (QED) is 0.511. The van der Waals surface area contributed by atoms with Crippen molar-refractivity contribution in [1.29, 1.82) is 0 Å². The number of rotatable bonds is 5. The van der Waals surface area contributed by atoms with Crippen molar-refractivity contribution < 1.29 is 23.9 Å². The number of methoxy groups -OCH3 is 2. The summed E-state index contributed by atoms with van der Waals surface area (Å²) in [5, 5.41) is 6.35. The van der Waals surface area contributed by atoms with Crippen LogP contribution in [0.5, 0.6) is 0 Å². The van der Waals surface area contributed by atoms with Gasteiger partial charge in [-0.05, 0) is 49.0 Å². The Hall–Kier alpha value is -2.98. The first-order chi connectivity index (χ1) is 12.8. The molecule has 4 N–H and O–H groups in total. The number of hydrogen-bond donors (Lipinski definition) is 3. The highest BCUT2D eigenvalue weighted by Gasteiger charge is 2.26. The number of carbonyl (C=O) groups is 3. The summed E-state index contributed by atoms with van der Waals surface area (Å²) in [4.78, 5) is 35.4. The van der Waals surface area contributed by atoms with Crippen LogP contribution in [0.25, 0.3) is 0 Å². The van der Waals surface area contributed by atoms with Crippen molar-refractivity contribution in [2.24, 2.45) is 5.73 Å². The lowest BCUT2D eigenvalue weighted by molar-refractivity contribution is 0.0601. The van der Waals surface area contributed by atoms with Gasteiger partial charge in [-0.25, -0.2) is 9.59 Å². The molecule has 0 saturated heterocycles. The average Bonchev–Trinajstić information content (AvgIpc) is 2.96. The van der Waals surface area contributed by atoms with E-state index in [-0.39, 0.29) is 15.6 Å². The lowest BCUT2D eigenvalue weighted by Gasteiger charge is -2.11. The fourth-order valence-corrected chi connectivity index (χ4v) is 3.62. The Morgan fingerprint density at radius 1 is 1.04 bits per heavy atom. The van der Waals surface area contributed by atoms with Gasteiger partial charge >= 0.3 is 11.9 Å². The molecule has 142 valence electrons. The van der Waals surface area contributed by atoms with Gasteiger partial charge in [-0.3, -0.25) is 4.79 Å². The highest BCUT2D eigenvalue weighted by Crippen LogP contribution is 2.34. The van der Waals surface area contributed by atoms with E-state index in [0.717, 1.165) is 11.3 Å². The largest absolute Gasteiger partial charge is 0.465 e. The zero-order valence-electron chi connectivity index (χ0n) is 14.7. The normalized spacial score (nSPS) is 10.0. The SMILES string of the molecule is COC(=O)c1sc(NC(=S)Nc2ccc(C(N)=O)cc2)c(C(=O)OC)c1C. The maximum absolute atomic E-state index is 12.1. The molecule has 1 aromatic carbocycles. The van der Waals surface area contributed by atoms with Gasteiger partial charge in [-0.2, -0.15) is 0 Å². The molecule has 2 aromatic rings. The smallest absolute Gasteiger partial charge is 0.348 e. The lowest BCUT2D eigenvalue weighted by Crippen LogP contribution is -2.20. The summed E-state index contributed by atoms with van der Waals surface area (Å²) in [6.45, 7) is 1.62. The van der Waals surface area contributed by atoms with Gasteiger partial charge in [0.15, 0.2) is 5.11 Å². The number of nitrogens with one attached hydrogen (secondary N) is 2. The number of anilines is 2. The van der Waals surface area contributed by atoms with E-state index in [1.807, 2.05) is 0 Å². The number of nitrogens with two attached hydrogens (primary N) is 1. The summed E-state index contributed by atoms with van der Waals surface area (Å²) in [6.07, 6.45) is 0. The molecule has 0 saturated carbocycles. The highest BCUT2D eigenvalue weighted by molar-refractivity contribution is 7.80. The predicted molar refractivity (Wildman–Crippen MR) is 107 cm³/mol. The van der Waals surface area contributed by atoms with Crippen molar-refractivity contribution in [3.05, 3.63) is 45.8 Å². The maximum Gasteiger partial charge on any atom is 0.348 e. The Bertz CT molecular complexity index is 906. The lowest BCUT2D eigenvalue weighted by atomic mass is 10.1. The van der Waals surface area contributed by atoms with Crippen LogP contribution in [-0.2, 0) is 9.47 Å². The maximum atomic E-state index is 12.1. The van der Waals surface area contributed by atoms with Crippen LogP contribution in [0.4, 0.5) is 10.7 Å². The number of ether oxygens (including phenoxy) is 2. The number of benzene rings is 1. The molecule has 27 heavy (non-hydrogen) atoms. The van der Waals surface area contributed by atoms with Crippen LogP contribution in [0.3, 0.4) is 0 Å². The number of carbonyl (C=O) groups excluding carboxylic acids is 3. The zero-order chi connectivity index (χ0) is 20.1. The van der Waals surface area contributed by atoms with Gasteiger partial charge in [0.1, 0.15) is 9.88 Å². The molecule has 0 atom stereocenters. The van der Waals surface area contributed by atoms with Crippen LogP contribution in [0.15, 0.2) is 24.3 Å². The second-order valence-corrected chi connectivity index (χ2v) is 6.69. The summed E-state index contributed by atoms with van der Waals surface area (Å²) >= 11 is 6.29. The molecule has 1 aromatic heterocycles. The number of amides is 1. The molecule has 2 rings (SSSR count). The Labute approximate surface area is 164 Å². The van der Waals surface area contributed by atoms with Crippen LogP contribution in [0.2, 0.25) is 0 Å². The Morgan fingerprint density at radius 2 is 1.63 bits per heavy atom. The minimum Gasteiger partial charge on any atom is -0.465 e. The van der Waals surface area contributed by atoms with Crippen molar-refractivity contribution in [1.82, 2.24) is 0 Å². The molecule has 0 unspecified atom stereocenters. The molecule has 1 amide bonds. The van der Waals surface area contributed by atoms with E-state index in [0.29, 0.717) is 21.8 Å². The molecule has 0 fully saturated rings. The third-order valence-electron chi connectivity index (χ3n) is 3.56. The number of esters is 2. The fourth-order valence-electron chi connectivity index (χ4n) is 2.22. The van der Waals surface area contributed by atoms with Crippen LogP contribution in [0.1, 0.15) is 36.0 Å². The van der Waals surface area contributed by atoms with E-state index < -0.39 is 17.8 Å². The van der Waals surface area contributed by atoms with Crippen LogP contribution >= 0.6 is 23.6 Å². The molecule has 0 aliphatic heterocycles. The molecular formula is C17H17N3O5S2. The van der Waals surface area contributed by atoms with Gasteiger partial charge in [0.25, 0.3) is 0 Å². The van der Waals surface area contributed by atoms with Crippen molar-refractivity contribution in [2.75, 3.05) is 24.9 Å². The minimum absolute atomic E-state index is 0.185. The molecule has 0 radical (unpaired) electrons. The first-order valence-corrected chi connectivity index (χ1v) is 8.78. The molecule has 8 nitrogen and oxygen atoms in total. The topological polar surface area (TPSA) is 120 Å². The minimum atomic E-state index is -0.602. The third-order valence-corrected chi connectivity index (χ3v) is 4.95. The van der Waals surface area contributed by atoms with Crippen molar-refractivity contribution in [3.63, 3.8) is 0 Å². The second kappa shape index (κ2) is 8.60.